The summed E-state index contributed by atoms with van der Waals surface area (Å²) in [7, 11) is 0. The fourth-order valence-corrected chi connectivity index (χ4v) is 1.79. The Morgan fingerprint density at radius 1 is 1.29 bits per heavy atom. The van der Waals surface area contributed by atoms with E-state index in [4.69, 9.17) is 11.6 Å². The van der Waals surface area contributed by atoms with Gasteiger partial charge >= 0.3 is 0 Å². The van der Waals surface area contributed by atoms with E-state index in [9.17, 15) is 10.1 Å². The topological polar surface area (TPSA) is 56.0 Å². The van der Waals surface area contributed by atoms with Crippen LogP contribution in [-0.4, -0.2) is 9.91 Å². The zero-order chi connectivity index (χ0) is 12.3. The first-order valence-corrected chi connectivity index (χ1v) is 5.37. The average Bonchev–Trinajstić information content (AvgIpc) is 2.30. The molecule has 86 valence electrons. The van der Waals surface area contributed by atoms with Crippen LogP contribution in [0.4, 0.5) is 5.69 Å². The molecule has 0 saturated carbocycles. The first-order chi connectivity index (χ1) is 8.16. The smallest absolute Gasteiger partial charge is 0.261 e. The predicted molar refractivity (Wildman–Crippen MR) is 65.1 cm³/mol. The zero-order valence-corrected chi connectivity index (χ0v) is 9.59. The second kappa shape index (κ2) is 4.93. The van der Waals surface area contributed by atoms with E-state index in [1.54, 1.807) is 18.3 Å². The molecule has 0 aliphatic rings. The number of halogens is 1. The first-order valence-electron chi connectivity index (χ1n) is 4.99. The third-order valence-electron chi connectivity index (χ3n) is 2.32. The number of pyridine rings is 1. The van der Waals surface area contributed by atoms with Crippen LogP contribution in [0, 0.1) is 10.1 Å². The summed E-state index contributed by atoms with van der Waals surface area (Å²) in [6.07, 6.45) is 2.32. The van der Waals surface area contributed by atoms with Gasteiger partial charge in [0.25, 0.3) is 5.69 Å². The lowest BCUT2D eigenvalue weighted by atomic mass is 10.1. The Bertz CT molecular complexity index is 543. The van der Waals surface area contributed by atoms with Crippen molar-refractivity contribution in [3.8, 4) is 0 Å². The van der Waals surface area contributed by atoms with Crippen molar-refractivity contribution >= 4 is 17.3 Å². The summed E-state index contributed by atoms with van der Waals surface area (Å²) in [4.78, 5) is 14.3. The Hall–Kier alpha value is -1.94. The number of nitro benzene ring substituents is 1. The summed E-state index contributed by atoms with van der Waals surface area (Å²) in [6, 6.07) is 10.4. The van der Waals surface area contributed by atoms with Gasteiger partial charge in [-0.05, 0) is 23.8 Å². The second-order valence-corrected chi connectivity index (χ2v) is 3.95. The highest BCUT2D eigenvalue weighted by Crippen LogP contribution is 2.25. The Kier molecular flexibility index (Phi) is 3.35. The monoisotopic (exact) mass is 248 g/mol. The summed E-state index contributed by atoms with van der Waals surface area (Å²) >= 11 is 5.83. The molecule has 2 rings (SSSR count). The zero-order valence-electron chi connectivity index (χ0n) is 8.84. The standard InChI is InChI=1S/C12H9ClN2O2/c13-11-8-9(4-5-12(11)15(16)17)7-10-3-1-2-6-14-10/h1-6,8H,7H2. The number of hydrogen-bond acceptors (Lipinski definition) is 3. The molecule has 0 bridgehead atoms. The van der Waals surface area contributed by atoms with E-state index >= 15 is 0 Å². The molecule has 0 N–H and O–H groups in total. The van der Waals surface area contributed by atoms with E-state index in [0.29, 0.717) is 6.42 Å². The molecule has 1 aromatic carbocycles. The SMILES string of the molecule is O=[N+]([O-])c1ccc(Cc2ccccn2)cc1Cl. The van der Waals surface area contributed by atoms with E-state index in [2.05, 4.69) is 4.98 Å². The number of nitrogens with zero attached hydrogens (tertiary/aromatic N) is 2. The predicted octanol–water partition coefficient (Wildman–Crippen LogP) is 3.23. The number of rotatable bonds is 3. The number of hydrogen-bond donors (Lipinski definition) is 0. The summed E-state index contributed by atoms with van der Waals surface area (Å²) in [6.45, 7) is 0. The number of aromatic nitrogens is 1. The van der Waals surface area contributed by atoms with Crippen LogP contribution >= 0.6 is 11.6 Å². The molecule has 1 heterocycles. The van der Waals surface area contributed by atoms with E-state index in [1.807, 2.05) is 18.2 Å². The minimum absolute atomic E-state index is 0.0727. The lowest BCUT2D eigenvalue weighted by Crippen LogP contribution is -1.93. The molecule has 17 heavy (non-hydrogen) atoms. The average molecular weight is 249 g/mol. The van der Waals surface area contributed by atoms with Crippen molar-refractivity contribution < 1.29 is 4.92 Å². The van der Waals surface area contributed by atoms with Gasteiger partial charge in [-0.2, -0.15) is 0 Å². The lowest BCUT2D eigenvalue weighted by molar-refractivity contribution is -0.384. The summed E-state index contributed by atoms with van der Waals surface area (Å²) in [5.41, 5.74) is 1.73. The van der Waals surface area contributed by atoms with Crippen molar-refractivity contribution in [2.45, 2.75) is 6.42 Å². The molecule has 0 atom stereocenters. The third kappa shape index (κ3) is 2.79. The van der Waals surface area contributed by atoms with Gasteiger partial charge in [-0.1, -0.05) is 23.7 Å². The van der Waals surface area contributed by atoms with Crippen LogP contribution in [0.3, 0.4) is 0 Å². The summed E-state index contributed by atoms with van der Waals surface area (Å²) in [5.74, 6) is 0. The van der Waals surface area contributed by atoms with Gasteiger partial charge in [-0.25, -0.2) is 0 Å². The van der Waals surface area contributed by atoms with Crippen molar-refractivity contribution in [2.75, 3.05) is 0 Å². The molecule has 0 radical (unpaired) electrons. The highest BCUT2D eigenvalue weighted by atomic mass is 35.5. The van der Waals surface area contributed by atoms with Gasteiger partial charge in [0.1, 0.15) is 5.02 Å². The molecule has 1 aromatic heterocycles. The lowest BCUT2D eigenvalue weighted by Gasteiger charge is -2.02. The molecule has 0 fully saturated rings. The Morgan fingerprint density at radius 3 is 2.71 bits per heavy atom. The molecule has 4 nitrogen and oxygen atoms in total. The van der Waals surface area contributed by atoms with Gasteiger partial charge in [0.05, 0.1) is 4.92 Å². The summed E-state index contributed by atoms with van der Waals surface area (Å²) in [5, 5.41) is 10.8. The molecular weight excluding hydrogens is 240 g/mol. The Morgan fingerprint density at radius 2 is 2.12 bits per heavy atom. The third-order valence-corrected chi connectivity index (χ3v) is 2.62. The second-order valence-electron chi connectivity index (χ2n) is 3.54. The first kappa shape index (κ1) is 11.5. The highest BCUT2D eigenvalue weighted by molar-refractivity contribution is 6.32. The van der Waals surface area contributed by atoms with Crippen molar-refractivity contribution in [3.05, 3.63) is 69.0 Å². The van der Waals surface area contributed by atoms with Crippen LogP contribution in [0.25, 0.3) is 0 Å². The van der Waals surface area contributed by atoms with Gasteiger partial charge in [0, 0.05) is 24.4 Å². The van der Waals surface area contributed by atoms with E-state index < -0.39 is 4.92 Å². The fourth-order valence-electron chi connectivity index (χ4n) is 1.52. The highest BCUT2D eigenvalue weighted by Gasteiger charge is 2.12. The molecular formula is C12H9ClN2O2. The van der Waals surface area contributed by atoms with Crippen LogP contribution in [0.1, 0.15) is 11.3 Å². The quantitative estimate of drug-likeness (QED) is 0.619. The largest absolute Gasteiger partial charge is 0.287 e. The van der Waals surface area contributed by atoms with Gasteiger partial charge < -0.3 is 0 Å². The van der Waals surface area contributed by atoms with E-state index in [-0.39, 0.29) is 10.7 Å². The van der Waals surface area contributed by atoms with Crippen molar-refractivity contribution in [3.63, 3.8) is 0 Å². The van der Waals surface area contributed by atoms with E-state index in [1.165, 1.54) is 6.07 Å². The van der Waals surface area contributed by atoms with Crippen LogP contribution < -0.4 is 0 Å². The molecule has 0 saturated heterocycles. The molecule has 0 unspecified atom stereocenters. The fraction of sp³-hybridized carbons (Fsp3) is 0.0833. The Labute approximate surface area is 103 Å². The molecule has 0 aliphatic carbocycles. The van der Waals surface area contributed by atoms with Crippen molar-refractivity contribution in [1.29, 1.82) is 0 Å². The summed E-state index contributed by atoms with van der Waals surface area (Å²) < 4.78 is 0. The minimum Gasteiger partial charge on any atom is -0.261 e. The maximum Gasteiger partial charge on any atom is 0.287 e. The van der Waals surface area contributed by atoms with Gasteiger partial charge in [0.15, 0.2) is 0 Å². The maximum absolute atomic E-state index is 10.6. The minimum atomic E-state index is -0.493. The van der Waals surface area contributed by atoms with Crippen LogP contribution in [-0.2, 0) is 6.42 Å². The van der Waals surface area contributed by atoms with Crippen LogP contribution in [0.15, 0.2) is 42.6 Å². The van der Waals surface area contributed by atoms with Crippen LogP contribution in [0.5, 0.6) is 0 Å². The molecule has 2 aromatic rings. The maximum atomic E-state index is 10.6. The molecule has 0 amide bonds. The van der Waals surface area contributed by atoms with Gasteiger partial charge in [-0.15, -0.1) is 0 Å². The van der Waals surface area contributed by atoms with Gasteiger partial charge in [0.2, 0.25) is 0 Å². The van der Waals surface area contributed by atoms with Gasteiger partial charge in [-0.3, -0.25) is 15.1 Å². The van der Waals surface area contributed by atoms with E-state index in [0.717, 1.165) is 11.3 Å². The van der Waals surface area contributed by atoms with Crippen molar-refractivity contribution in [1.82, 2.24) is 4.98 Å². The molecule has 5 heteroatoms. The molecule has 0 aliphatic heterocycles. The number of benzene rings is 1. The van der Waals surface area contributed by atoms with Crippen LogP contribution in [0.2, 0.25) is 5.02 Å². The Balaban J connectivity index is 2.24. The van der Waals surface area contributed by atoms with Crippen molar-refractivity contribution in [2.24, 2.45) is 0 Å². The number of nitro groups is 1. The molecule has 0 spiro atoms. The normalized spacial score (nSPS) is 10.2.